The summed E-state index contributed by atoms with van der Waals surface area (Å²) >= 11 is 5.96. The molecule has 1 aliphatic rings. The van der Waals surface area contributed by atoms with Crippen molar-refractivity contribution < 1.29 is 13.9 Å². The van der Waals surface area contributed by atoms with Gasteiger partial charge in [0.05, 0.1) is 22.8 Å². The highest BCUT2D eigenvalue weighted by Gasteiger charge is 2.34. The van der Waals surface area contributed by atoms with Crippen LogP contribution in [0.3, 0.4) is 0 Å². The molecular formula is C19H16ClFN4O2. The first-order chi connectivity index (χ1) is 13.1. The molecule has 1 aliphatic heterocycles. The highest BCUT2D eigenvalue weighted by atomic mass is 35.5. The number of hydrogen-bond acceptors (Lipinski definition) is 4. The number of ether oxygens (including phenoxy) is 1. The Morgan fingerprint density at radius 3 is 2.74 bits per heavy atom. The Morgan fingerprint density at radius 2 is 2.00 bits per heavy atom. The number of rotatable bonds is 5. The van der Waals surface area contributed by atoms with Gasteiger partial charge in [0.15, 0.2) is 0 Å². The molecule has 0 unspecified atom stereocenters. The lowest BCUT2D eigenvalue weighted by Gasteiger charge is -2.39. The Labute approximate surface area is 160 Å². The summed E-state index contributed by atoms with van der Waals surface area (Å²) in [6.07, 6.45) is 1.82. The molecule has 0 N–H and O–H groups in total. The maximum atomic E-state index is 13.1. The average molecular weight is 387 g/mol. The fraction of sp³-hybridized carbons (Fsp3) is 0.211. The summed E-state index contributed by atoms with van der Waals surface area (Å²) in [4.78, 5) is 14.1. The minimum Gasteiger partial charge on any atom is -0.487 e. The molecule has 0 bridgehead atoms. The van der Waals surface area contributed by atoms with Crippen LogP contribution in [0.4, 0.5) is 4.39 Å². The first-order valence-electron chi connectivity index (χ1n) is 8.43. The molecule has 0 spiro atoms. The van der Waals surface area contributed by atoms with Crippen LogP contribution in [0.1, 0.15) is 22.1 Å². The van der Waals surface area contributed by atoms with Gasteiger partial charge in [0, 0.05) is 13.1 Å². The summed E-state index contributed by atoms with van der Waals surface area (Å²) in [7, 11) is 0. The van der Waals surface area contributed by atoms with Gasteiger partial charge in [-0.15, -0.1) is 5.10 Å². The van der Waals surface area contributed by atoms with Crippen LogP contribution >= 0.6 is 11.6 Å². The van der Waals surface area contributed by atoms with Crippen molar-refractivity contribution in [3.8, 4) is 5.75 Å². The second-order valence-corrected chi connectivity index (χ2v) is 6.69. The van der Waals surface area contributed by atoms with Crippen molar-refractivity contribution in [2.45, 2.75) is 12.6 Å². The number of hydrogen-bond donors (Lipinski definition) is 0. The average Bonchev–Trinajstić information content (AvgIpc) is 3.08. The van der Waals surface area contributed by atoms with Gasteiger partial charge in [-0.05, 0) is 30.3 Å². The van der Waals surface area contributed by atoms with Crippen LogP contribution in [-0.2, 0) is 6.61 Å². The van der Waals surface area contributed by atoms with Gasteiger partial charge >= 0.3 is 0 Å². The molecule has 3 aromatic rings. The molecule has 27 heavy (non-hydrogen) atoms. The summed E-state index contributed by atoms with van der Waals surface area (Å²) in [5.41, 5.74) is 1.01. The minimum atomic E-state index is -0.467. The molecule has 8 heteroatoms. The summed E-state index contributed by atoms with van der Waals surface area (Å²) in [6.45, 7) is 1.31. The Bertz CT molecular complexity index is 957. The Hall–Kier alpha value is -2.93. The van der Waals surface area contributed by atoms with Gasteiger partial charge in [0.25, 0.3) is 5.91 Å². The smallest absolute Gasteiger partial charge is 0.255 e. The fourth-order valence-corrected chi connectivity index (χ4v) is 3.10. The molecule has 2 heterocycles. The van der Waals surface area contributed by atoms with Crippen molar-refractivity contribution in [2.75, 3.05) is 13.1 Å². The van der Waals surface area contributed by atoms with Crippen LogP contribution < -0.4 is 4.74 Å². The normalized spacial score (nSPS) is 14.1. The van der Waals surface area contributed by atoms with Crippen LogP contribution in [-0.4, -0.2) is 38.9 Å². The number of halogens is 2. The van der Waals surface area contributed by atoms with Crippen molar-refractivity contribution in [1.29, 1.82) is 0 Å². The van der Waals surface area contributed by atoms with E-state index in [1.54, 1.807) is 9.58 Å². The lowest BCUT2D eigenvalue weighted by molar-refractivity contribution is 0.0498. The number of likely N-dealkylation sites (tertiary alicyclic amines) is 1. The largest absolute Gasteiger partial charge is 0.487 e. The molecule has 0 aliphatic carbocycles. The van der Waals surface area contributed by atoms with Gasteiger partial charge in [-0.1, -0.05) is 35.0 Å². The third-order valence-electron chi connectivity index (χ3n) is 4.37. The third kappa shape index (κ3) is 3.78. The van der Waals surface area contributed by atoms with Gasteiger partial charge in [-0.25, -0.2) is 9.07 Å². The Balaban J connectivity index is 1.33. The SMILES string of the molecule is O=C(c1ccc(F)cc1Cl)N1CC(n2cc(COc3ccccc3)nn2)C1. The highest BCUT2D eigenvalue weighted by molar-refractivity contribution is 6.33. The molecule has 0 saturated carbocycles. The molecule has 138 valence electrons. The second-order valence-electron chi connectivity index (χ2n) is 6.28. The number of amides is 1. The molecule has 2 aromatic carbocycles. The predicted molar refractivity (Wildman–Crippen MR) is 97.1 cm³/mol. The Kier molecular flexibility index (Phi) is 4.77. The van der Waals surface area contributed by atoms with Crippen LogP contribution in [0.15, 0.2) is 54.7 Å². The van der Waals surface area contributed by atoms with E-state index in [4.69, 9.17) is 16.3 Å². The van der Waals surface area contributed by atoms with Crippen LogP contribution in [0.5, 0.6) is 5.75 Å². The molecule has 4 rings (SSSR count). The maximum absolute atomic E-state index is 13.1. The zero-order valence-electron chi connectivity index (χ0n) is 14.3. The van der Waals surface area contributed by atoms with Crippen molar-refractivity contribution in [2.24, 2.45) is 0 Å². The van der Waals surface area contributed by atoms with Crippen molar-refractivity contribution in [3.63, 3.8) is 0 Å². The van der Waals surface area contributed by atoms with Gasteiger partial charge in [-0.3, -0.25) is 4.79 Å². The van der Waals surface area contributed by atoms with Crippen molar-refractivity contribution in [3.05, 3.63) is 76.8 Å². The third-order valence-corrected chi connectivity index (χ3v) is 4.69. The lowest BCUT2D eigenvalue weighted by Crippen LogP contribution is -2.51. The standard InChI is InChI=1S/C19H16ClFN4O2/c20-18-8-13(21)6-7-17(18)19(26)24-10-15(11-24)25-9-14(22-23-25)12-27-16-4-2-1-3-5-16/h1-9,15H,10-12H2. The fourth-order valence-electron chi connectivity index (χ4n) is 2.85. The number of aromatic nitrogens is 3. The van der Waals surface area contributed by atoms with Gasteiger partial charge in [0.2, 0.25) is 0 Å². The number of para-hydroxylation sites is 1. The highest BCUT2D eigenvalue weighted by Crippen LogP contribution is 2.26. The number of nitrogens with zero attached hydrogens (tertiary/aromatic N) is 4. The molecular weight excluding hydrogens is 371 g/mol. The number of carbonyl (C=O) groups excluding carboxylic acids is 1. The van der Waals surface area contributed by atoms with Crippen LogP contribution in [0.25, 0.3) is 0 Å². The van der Waals surface area contributed by atoms with E-state index in [0.29, 0.717) is 31.0 Å². The molecule has 0 radical (unpaired) electrons. The van der Waals surface area contributed by atoms with Gasteiger partial charge in [0.1, 0.15) is 23.9 Å². The molecule has 1 amide bonds. The van der Waals surface area contributed by atoms with Gasteiger partial charge < -0.3 is 9.64 Å². The van der Waals surface area contributed by atoms with Crippen molar-refractivity contribution >= 4 is 17.5 Å². The van der Waals surface area contributed by atoms with Gasteiger partial charge in [-0.2, -0.15) is 0 Å². The first kappa shape index (κ1) is 17.5. The molecule has 1 saturated heterocycles. The summed E-state index contributed by atoms with van der Waals surface area (Å²) in [6, 6.07) is 13.3. The van der Waals surface area contributed by atoms with Crippen molar-refractivity contribution in [1.82, 2.24) is 19.9 Å². The summed E-state index contributed by atoms with van der Waals surface area (Å²) in [5.74, 6) is 0.0820. The number of benzene rings is 2. The number of carbonyl (C=O) groups is 1. The Morgan fingerprint density at radius 1 is 1.22 bits per heavy atom. The maximum Gasteiger partial charge on any atom is 0.255 e. The van der Waals surface area contributed by atoms with E-state index < -0.39 is 5.82 Å². The zero-order chi connectivity index (χ0) is 18.8. The predicted octanol–water partition coefficient (Wildman–Crippen LogP) is 3.35. The molecule has 1 aromatic heterocycles. The molecule has 0 atom stereocenters. The molecule has 1 fully saturated rings. The summed E-state index contributed by atoms with van der Waals surface area (Å²) < 4.78 is 20.5. The van der Waals surface area contributed by atoms with E-state index in [9.17, 15) is 9.18 Å². The van der Waals surface area contributed by atoms with E-state index in [2.05, 4.69) is 10.3 Å². The first-order valence-corrected chi connectivity index (χ1v) is 8.81. The van der Waals surface area contributed by atoms with E-state index >= 15 is 0 Å². The van der Waals surface area contributed by atoms with Crippen LogP contribution in [0.2, 0.25) is 5.02 Å². The summed E-state index contributed by atoms with van der Waals surface area (Å²) in [5, 5.41) is 8.34. The lowest BCUT2D eigenvalue weighted by atomic mass is 10.1. The van der Waals surface area contributed by atoms with E-state index in [-0.39, 0.29) is 17.0 Å². The minimum absolute atomic E-state index is 0.0474. The quantitative estimate of drug-likeness (QED) is 0.674. The van der Waals surface area contributed by atoms with E-state index in [1.807, 2.05) is 36.5 Å². The molecule has 6 nitrogen and oxygen atoms in total. The zero-order valence-corrected chi connectivity index (χ0v) is 15.0. The second kappa shape index (κ2) is 7.36. The van der Waals surface area contributed by atoms with E-state index in [0.717, 1.165) is 11.8 Å². The van der Waals surface area contributed by atoms with Crippen LogP contribution in [0, 0.1) is 5.82 Å². The topological polar surface area (TPSA) is 60.2 Å². The monoisotopic (exact) mass is 386 g/mol. The van der Waals surface area contributed by atoms with E-state index in [1.165, 1.54) is 12.1 Å².